The SMILES string of the molecule is C=C(C)c1ccc(OCCCCCCCCOc2ccc(C=CC(=O)c3ccccc3)cc2)cc1. The van der Waals surface area contributed by atoms with Gasteiger partial charge in [-0.1, -0.05) is 98.5 Å². The number of carbonyl (C=O) groups is 1. The second kappa shape index (κ2) is 14.6. The maximum absolute atomic E-state index is 12.2. The standard InChI is InChI=1S/C32H36O3/c1-26(2)28-17-21-31(22-18-28)35-25-11-6-4-3-5-10-24-34-30-19-14-27(15-20-30)16-23-32(33)29-12-8-7-9-13-29/h7-9,12-23H,1,3-6,10-11,24-25H2,2H3. The van der Waals surface area contributed by atoms with E-state index < -0.39 is 0 Å². The third-order valence-corrected chi connectivity index (χ3v) is 5.79. The van der Waals surface area contributed by atoms with Crippen LogP contribution in [-0.4, -0.2) is 19.0 Å². The van der Waals surface area contributed by atoms with Crippen LogP contribution in [0.5, 0.6) is 11.5 Å². The van der Waals surface area contributed by atoms with Crippen LogP contribution in [0.1, 0.15) is 66.9 Å². The lowest BCUT2D eigenvalue weighted by Crippen LogP contribution is -1.98. The lowest BCUT2D eigenvalue weighted by atomic mass is 10.1. The molecular weight excluding hydrogens is 432 g/mol. The highest BCUT2D eigenvalue weighted by Gasteiger charge is 2.00. The van der Waals surface area contributed by atoms with Crippen molar-refractivity contribution in [3.63, 3.8) is 0 Å². The Morgan fingerprint density at radius 2 is 1.20 bits per heavy atom. The quantitative estimate of drug-likeness (QED) is 0.128. The van der Waals surface area contributed by atoms with Gasteiger partial charge in [-0.3, -0.25) is 4.79 Å². The molecule has 3 aromatic carbocycles. The minimum atomic E-state index is 0.00654. The van der Waals surface area contributed by atoms with Crippen LogP contribution in [-0.2, 0) is 0 Å². The summed E-state index contributed by atoms with van der Waals surface area (Å²) in [4.78, 5) is 12.2. The van der Waals surface area contributed by atoms with Gasteiger partial charge in [0.1, 0.15) is 11.5 Å². The predicted molar refractivity (Wildman–Crippen MR) is 146 cm³/mol. The van der Waals surface area contributed by atoms with Crippen LogP contribution in [0.2, 0.25) is 0 Å². The first-order valence-electron chi connectivity index (χ1n) is 12.5. The first-order valence-corrected chi connectivity index (χ1v) is 12.5. The molecule has 0 spiro atoms. The predicted octanol–water partition coefficient (Wildman–Crippen LogP) is 8.41. The normalized spacial score (nSPS) is 10.9. The van der Waals surface area contributed by atoms with E-state index >= 15 is 0 Å². The van der Waals surface area contributed by atoms with Crippen LogP contribution in [0.3, 0.4) is 0 Å². The number of benzene rings is 3. The van der Waals surface area contributed by atoms with E-state index in [1.165, 1.54) is 25.7 Å². The molecule has 0 heterocycles. The highest BCUT2D eigenvalue weighted by molar-refractivity contribution is 6.06. The second-order valence-electron chi connectivity index (χ2n) is 8.76. The van der Waals surface area contributed by atoms with Gasteiger partial charge in [0, 0.05) is 5.56 Å². The van der Waals surface area contributed by atoms with Crippen molar-refractivity contribution in [2.24, 2.45) is 0 Å². The number of hydrogen-bond donors (Lipinski definition) is 0. The van der Waals surface area contributed by atoms with Crippen LogP contribution in [0.25, 0.3) is 11.6 Å². The number of carbonyl (C=O) groups excluding carboxylic acids is 1. The number of ketones is 1. The Bertz CT molecular complexity index is 1060. The third kappa shape index (κ3) is 9.66. The molecule has 3 heteroatoms. The van der Waals surface area contributed by atoms with Crippen molar-refractivity contribution < 1.29 is 14.3 Å². The minimum Gasteiger partial charge on any atom is -0.494 e. The maximum Gasteiger partial charge on any atom is 0.185 e. The summed E-state index contributed by atoms with van der Waals surface area (Å²) in [6.07, 6.45) is 10.4. The smallest absolute Gasteiger partial charge is 0.185 e. The molecule has 0 aliphatic heterocycles. The van der Waals surface area contributed by atoms with Gasteiger partial charge in [0.25, 0.3) is 0 Å². The molecule has 0 N–H and O–H groups in total. The summed E-state index contributed by atoms with van der Waals surface area (Å²) in [6.45, 7) is 7.46. The fourth-order valence-corrected chi connectivity index (χ4v) is 3.67. The molecule has 0 aliphatic carbocycles. The third-order valence-electron chi connectivity index (χ3n) is 5.79. The van der Waals surface area contributed by atoms with Crippen molar-refractivity contribution in [3.8, 4) is 11.5 Å². The summed E-state index contributed by atoms with van der Waals surface area (Å²) in [5.41, 5.74) is 3.90. The van der Waals surface area contributed by atoms with Gasteiger partial charge in [0.05, 0.1) is 13.2 Å². The zero-order chi connectivity index (χ0) is 24.7. The van der Waals surface area contributed by atoms with E-state index in [0.29, 0.717) is 5.56 Å². The molecule has 0 atom stereocenters. The Kier molecular flexibility index (Phi) is 10.9. The van der Waals surface area contributed by atoms with Gasteiger partial charge in [0.15, 0.2) is 5.78 Å². The molecule has 0 saturated heterocycles. The number of allylic oxidation sites excluding steroid dienone is 2. The molecule has 3 nitrogen and oxygen atoms in total. The Morgan fingerprint density at radius 1 is 0.686 bits per heavy atom. The van der Waals surface area contributed by atoms with E-state index in [0.717, 1.165) is 54.3 Å². The zero-order valence-electron chi connectivity index (χ0n) is 20.7. The summed E-state index contributed by atoms with van der Waals surface area (Å²) in [5, 5.41) is 0. The molecule has 0 radical (unpaired) electrons. The van der Waals surface area contributed by atoms with Gasteiger partial charge < -0.3 is 9.47 Å². The maximum atomic E-state index is 12.2. The van der Waals surface area contributed by atoms with Gasteiger partial charge in [-0.2, -0.15) is 0 Å². The Labute approximate surface area is 210 Å². The molecule has 0 aromatic heterocycles. The van der Waals surface area contributed by atoms with Crippen LogP contribution in [0.4, 0.5) is 0 Å². The van der Waals surface area contributed by atoms with Gasteiger partial charge in [0.2, 0.25) is 0 Å². The van der Waals surface area contributed by atoms with Crippen LogP contribution in [0.15, 0.2) is 91.5 Å². The molecule has 182 valence electrons. The Hall–Kier alpha value is -3.59. The molecule has 0 aliphatic rings. The number of rotatable bonds is 15. The van der Waals surface area contributed by atoms with Crippen LogP contribution < -0.4 is 9.47 Å². The molecule has 3 aromatic rings. The van der Waals surface area contributed by atoms with E-state index in [-0.39, 0.29) is 5.78 Å². The number of hydrogen-bond acceptors (Lipinski definition) is 3. The monoisotopic (exact) mass is 468 g/mol. The van der Waals surface area contributed by atoms with Crippen molar-refractivity contribution >= 4 is 17.4 Å². The summed E-state index contributed by atoms with van der Waals surface area (Å²) in [5.74, 6) is 1.80. The lowest BCUT2D eigenvalue weighted by Gasteiger charge is -2.08. The molecule has 0 saturated carbocycles. The molecular formula is C32H36O3. The highest BCUT2D eigenvalue weighted by atomic mass is 16.5. The molecule has 0 fully saturated rings. The van der Waals surface area contributed by atoms with E-state index in [4.69, 9.17) is 9.47 Å². The van der Waals surface area contributed by atoms with Crippen molar-refractivity contribution in [2.75, 3.05) is 13.2 Å². The fraction of sp³-hybridized carbons (Fsp3) is 0.281. The average molecular weight is 469 g/mol. The van der Waals surface area contributed by atoms with Crippen molar-refractivity contribution in [3.05, 3.63) is 108 Å². The Morgan fingerprint density at radius 3 is 1.74 bits per heavy atom. The minimum absolute atomic E-state index is 0.00654. The number of unbranched alkanes of at least 4 members (excludes halogenated alkanes) is 5. The topological polar surface area (TPSA) is 35.5 Å². The average Bonchev–Trinajstić information content (AvgIpc) is 2.89. The molecule has 35 heavy (non-hydrogen) atoms. The Balaban J connectivity index is 1.21. The summed E-state index contributed by atoms with van der Waals surface area (Å²) >= 11 is 0. The van der Waals surface area contributed by atoms with Crippen LogP contribution >= 0.6 is 0 Å². The van der Waals surface area contributed by atoms with Crippen molar-refractivity contribution in [1.82, 2.24) is 0 Å². The van der Waals surface area contributed by atoms with Gasteiger partial charge in [-0.15, -0.1) is 0 Å². The van der Waals surface area contributed by atoms with Crippen molar-refractivity contribution in [1.29, 1.82) is 0 Å². The largest absolute Gasteiger partial charge is 0.494 e. The van der Waals surface area contributed by atoms with Gasteiger partial charge >= 0.3 is 0 Å². The molecule has 0 unspecified atom stereocenters. The number of ether oxygens (including phenoxy) is 2. The summed E-state index contributed by atoms with van der Waals surface area (Å²) < 4.78 is 11.7. The molecule has 3 rings (SSSR count). The van der Waals surface area contributed by atoms with Gasteiger partial charge in [-0.05, 0) is 61.2 Å². The fourth-order valence-electron chi connectivity index (χ4n) is 3.67. The van der Waals surface area contributed by atoms with E-state index in [9.17, 15) is 4.79 Å². The van der Waals surface area contributed by atoms with E-state index in [2.05, 4.69) is 18.7 Å². The molecule has 0 bridgehead atoms. The zero-order valence-corrected chi connectivity index (χ0v) is 20.7. The second-order valence-corrected chi connectivity index (χ2v) is 8.76. The van der Waals surface area contributed by atoms with E-state index in [1.54, 1.807) is 6.08 Å². The first-order chi connectivity index (χ1) is 17.1. The summed E-state index contributed by atoms with van der Waals surface area (Å²) in [6, 6.07) is 25.3. The summed E-state index contributed by atoms with van der Waals surface area (Å²) in [7, 11) is 0. The first kappa shape index (κ1) is 26.0. The van der Waals surface area contributed by atoms with Crippen molar-refractivity contribution in [2.45, 2.75) is 45.4 Å². The highest BCUT2D eigenvalue weighted by Crippen LogP contribution is 2.18. The van der Waals surface area contributed by atoms with E-state index in [1.807, 2.05) is 79.7 Å². The lowest BCUT2D eigenvalue weighted by molar-refractivity contribution is 0.104. The molecule has 0 amide bonds. The van der Waals surface area contributed by atoms with Crippen LogP contribution in [0, 0.1) is 0 Å². The van der Waals surface area contributed by atoms with Gasteiger partial charge in [-0.25, -0.2) is 0 Å².